The predicted octanol–water partition coefficient (Wildman–Crippen LogP) is 3.52. The van der Waals surface area contributed by atoms with Gasteiger partial charge in [-0.2, -0.15) is 0 Å². The van der Waals surface area contributed by atoms with Crippen molar-refractivity contribution in [3.63, 3.8) is 0 Å². The van der Waals surface area contributed by atoms with Gasteiger partial charge in [0, 0.05) is 31.2 Å². The van der Waals surface area contributed by atoms with E-state index in [1.54, 1.807) is 0 Å². The lowest BCUT2D eigenvalue weighted by atomic mass is 9.92. The van der Waals surface area contributed by atoms with Crippen molar-refractivity contribution >= 4 is 0 Å². The van der Waals surface area contributed by atoms with E-state index in [9.17, 15) is 0 Å². The molecule has 0 radical (unpaired) electrons. The Hall–Kier alpha value is -0.0800. The Balaban J connectivity index is 1.94. The first-order chi connectivity index (χ1) is 8.97. The standard InChI is InChI=1S/C17H34N2/c1-12(2)8-16-11-19(14(5)9-15-6-7-15)17(10-18-16)13(3)4/h12-18H,6-11H2,1-5H3. The third-order valence-corrected chi connectivity index (χ3v) is 4.94. The molecule has 112 valence electrons. The topological polar surface area (TPSA) is 15.3 Å². The highest BCUT2D eigenvalue weighted by molar-refractivity contribution is 4.92. The predicted molar refractivity (Wildman–Crippen MR) is 83.4 cm³/mol. The van der Waals surface area contributed by atoms with E-state index in [2.05, 4.69) is 44.8 Å². The van der Waals surface area contributed by atoms with E-state index >= 15 is 0 Å². The van der Waals surface area contributed by atoms with E-state index in [1.165, 1.54) is 38.8 Å². The molecule has 1 saturated carbocycles. The van der Waals surface area contributed by atoms with E-state index in [-0.39, 0.29) is 0 Å². The lowest BCUT2D eigenvalue weighted by Gasteiger charge is -2.46. The molecule has 3 atom stereocenters. The van der Waals surface area contributed by atoms with Gasteiger partial charge in [-0.1, -0.05) is 40.5 Å². The van der Waals surface area contributed by atoms with Gasteiger partial charge in [-0.05, 0) is 37.5 Å². The molecule has 1 N–H and O–H groups in total. The number of piperazine rings is 1. The zero-order valence-corrected chi connectivity index (χ0v) is 13.7. The molecule has 0 aromatic heterocycles. The van der Waals surface area contributed by atoms with Crippen molar-refractivity contribution in [3.05, 3.63) is 0 Å². The Morgan fingerprint density at radius 2 is 1.74 bits per heavy atom. The first kappa shape index (κ1) is 15.3. The Kier molecular flexibility index (Phi) is 5.30. The highest BCUT2D eigenvalue weighted by Gasteiger charge is 2.35. The third kappa shape index (κ3) is 4.46. The molecule has 1 saturated heterocycles. The summed E-state index contributed by atoms with van der Waals surface area (Å²) < 4.78 is 0. The largest absolute Gasteiger partial charge is 0.311 e. The molecule has 1 aliphatic carbocycles. The van der Waals surface area contributed by atoms with E-state index in [4.69, 9.17) is 0 Å². The van der Waals surface area contributed by atoms with Gasteiger partial charge in [0.2, 0.25) is 0 Å². The number of nitrogens with one attached hydrogen (secondary N) is 1. The number of rotatable bonds is 6. The molecule has 0 spiro atoms. The molecule has 0 aromatic rings. The Morgan fingerprint density at radius 1 is 1.05 bits per heavy atom. The number of hydrogen-bond acceptors (Lipinski definition) is 2. The molecule has 0 aromatic carbocycles. The molecule has 0 bridgehead atoms. The van der Waals surface area contributed by atoms with Crippen molar-refractivity contribution in [1.29, 1.82) is 0 Å². The average Bonchev–Trinajstić information content (AvgIpc) is 3.11. The molecule has 2 nitrogen and oxygen atoms in total. The maximum Gasteiger partial charge on any atom is 0.0247 e. The molecule has 2 fully saturated rings. The van der Waals surface area contributed by atoms with E-state index < -0.39 is 0 Å². The summed E-state index contributed by atoms with van der Waals surface area (Å²) in [6, 6.07) is 2.21. The maximum atomic E-state index is 3.79. The Morgan fingerprint density at radius 3 is 2.26 bits per heavy atom. The summed E-state index contributed by atoms with van der Waals surface area (Å²) in [5.41, 5.74) is 0. The molecule has 2 rings (SSSR count). The Bertz CT molecular complexity index is 270. The first-order valence-electron chi connectivity index (χ1n) is 8.46. The van der Waals surface area contributed by atoms with Gasteiger partial charge in [-0.15, -0.1) is 0 Å². The third-order valence-electron chi connectivity index (χ3n) is 4.94. The molecule has 1 aliphatic heterocycles. The van der Waals surface area contributed by atoms with Crippen molar-refractivity contribution < 1.29 is 0 Å². The second kappa shape index (κ2) is 6.58. The van der Waals surface area contributed by atoms with Crippen LogP contribution in [0, 0.1) is 17.8 Å². The van der Waals surface area contributed by atoms with Gasteiger partial charge < -0.3 is 5.32 Å². The molecule has 19 heavy (non-hydrogen) atoms. The van der Waals surface area contributed by atoms with Crippen molar-refractivity contribution in [2.24, 2.45) is 17.8 Å². The second-order valence-electron chi connectivity index (χ2n) is 7.77. The molecule has 0 amide bonds. The highest BCUT2D eigenvalue weighted by atomic mass is 15.3. The van der Waals surface area contributed by atoms with Crippen molar-refractivity contribution in [3.8, 4) is 0 Å². The second-order valence-corrected chi connectivity index (χ2v) is 7.77. The van der Waals surface area contributed by atoms with Crippen LogP contribution < -0.4 is 5.32 Å². The summed E-state index contributed by atoms with van der Waals surface area (Å²) in [5.74, 6) is 2.60. The molecular formula is C17H34N2. The first-order valence-corrected chi connectivity index (χ1v) is 8.46. The maximum absolute atomic E-state index is 3.79. The Labute approximate surface area is 120 Å². The lowest BCUT2D eigenvalue weighted by molar-refractivity contribution is 0.0521. The van der Waals surface area contributed by atoms with Crippen molar-refractivity contribution in [1.82, 2.24) is 10.2 Å². The SMILES string of the molecule is CC(C)CC1CN(C(C)CC2CC2)C(C(C)C)CN1. The molecule has 2 heteroatoms. The van der Waals surface area contributed by atoms with Crippen LogP contribution in [0.4, 0.5) is 0 Å². The summed E-state index contributed by atoms with van der Waals surface area (Å²) in [4.78, 5) is 2.83. The van der Waals surface area contributed by atoms with Gasteiger partial charge in [0.25, 0.3) is 0 Å². The summed E-state index contributed by atoms with van der Waals surface area (Å²) >= 11 is 0. The van der Waals surface area contributed by atoms with E-state index in [0.29, 0.717) is 6.04 Å². The summed E-state index contributed by atoms with van der Waals surface area (Å²) in [6.45, 7) is 14.4. The van der Waals surface area contributed by atoms with Crippen molar-refractivity contribution in [2.75, 3.05) is 13.1 Å². The fourth-order valence-electron chi connectivity index (χ4n) is 3.68. The molecule has 1 heterocycles. The minimum atomic E-state index is 0.705. The quantitative estimate of drug-likeness (QED) is 0.791. The number of hydrogen-bond donors (Lipinski definition) is 1. The number of nitrogens with zero attached hydrogens (tertiary/aromatic N) is 1. The summed E-state index contributed by atoms with van der Waals surface area (Å²) in [5, 5.41) is 3.79. The van der Waals surface area contributed by atoms with Crippen molar-refractivity contribution in [2.45, 2.75) is 78.4 Å². The van der Waals surface area contributed by atoms with Gasteiger partial charge in [-0.25, -0.2) is 0 Å². The van der Waals surface area contributed by atoms with Crippen LogP contribution in [0.3, 0.4) is 0 Å². The molecule has 3 unspecified atom stereocenters. The van der Waals surface area contributed by atoms with Gasteiger partial charge in [-0.3, -0.25) is 4.90 Å². The smallest absolute Gasteiger partial charge is 0.0247 e. The lowest BCUT2D eigenvalue weighted by Crippen LogP contribution is -2.60. The highest BCUT2D eigenvalue weighted by Crippen LogP contribution is 2.35. The molecule has 2 aliphatic rings. The average molecular weight is 266 g/mol. The van der Waals surface area contributed by atoms with Gasteiger partial charge >= 0.3 is 0 Å². The fraction of sp³-hybridized carbons (Fsp3) is 1.00. The molecular weight excluding hydrogens is 232 g/mol. The van der Waals surface area contributed by atoms with Gasteiger partial charge in [0.15, 0.2) is 0 Å². The van der Waals surface area contributed by atoms with E-state index in [1.807, 2.05) is 0 Å². The van der Waals surface area contributed by atoms with Crippen LogP contribution in [0.1, 0.15) is 60.3 Å². The van der Waals surface area contributed by atoms with Crippen LogP contribution >= 0.6 is 0 Å². The van der Waals surface area contributed by atoms with Crippen LogP contribution in [0.25, 0.3) is 0 Å². The fourth-order valence-corrected chi connectivity index (χ4v) is 3.68. The normalized spacial score (nSPS) is 31.1. The van der Waals surface area contributed by atoms with Crippen LogP contribution in [0.2, 0.25) is 0 Å². The van der Waals surface area contributed by atoms with Crippen LogP contribution in [-0.2, 0) is 0 Å². The van der Waals surface area contributed by atoms with Crippen LogP contribution in [0.5, 0.6) is 0 Å². The van der Waals surface area contributed by atoms with Gasteiger partial charge in [0.05, 0.1) is 0 Å². The minimum Gasteiger partial charge on any atom is -0.311 e. The zero-order valence-electron chi connectivity index (χ0n) is 13.7. The van der Waals surface area contributed by atoms with Gasteiger partial charge in [0.1, 0.15) is 0 Å². The van der Waals surface area contributed by atoms with Crippen LogP contribution in [-0.4, -0.2) is 36.1 Å². The zero-order chi connectivity index (χ0) is 14.0. The summed E-state index contributed by atoms with van der Waals surface area (Å²) in [6.07, 6.45) is 5.71. The van der Waals surface area contributed by atoms with Crippen LogP contribution in [0.15, 0.2) is 0 Å². The summed E-state index contributed by atoms with van der Waals surface area (Å²) in [7, 11) is 0. The monoisotopic (exact) mass is 266 g/mol. The minimum absolute atomic E-state index is 0.705. The van der Waals surface area contributed by atoms with E-state index in [0.717, 1.165) is 29.8 Å².